The zero-order valence-corrected chi connectivity index (χ0v) is 13.9. The molecular formula is C14H18ClN3O3S. The lowest BCUT2D eigenvalue weighted by molar-refractivity contribution is 0.0956. The number of likely N-dealkylation sites (N-methyl/N-ethyl adjacent to an activating group) is 1. The van der Waals surface area contributed by atoms with Crippen LogP contribution in [0.3, 0.4) is 0 Å². The molecule has 0 spiro atoms. The van der Waals surface area contributed by atoms with Crippen LogP contribution in [0.5, 0.6) is 0 Å². The summed E-state index contributed by atoms with van der Waals surface area (Å²) in [4.78, 5) is 24.5. The van der Waals surface area contributed by atoms with Crippen molar-refractivity contribution in [1.29, 1.82) is 0 Å². The molecule has 0 atom stereocenters. The molecule has 2 aromatic rings. The zero-order valence-electron chi connectivity index (χ0n) is 12.3. The molecule has 0 aliphatic rings. The number of anilines is 1. The number of thiophene rings is 1. The molecule has 0 unspecified atom stereocenters. The average molecular weight is 344 g/mol. The number of amides is 2. The Morgan fingerprint density at radius 3 is 2.68 bits per heavy atom. The Hall–Kier alpha value is -1.83. The SMILES string of the molecule is CNCCNC(=O)c1sc(NC(=O)c2ccco2)cc1C.Cl. The smallest absolute Gasteiger partial charge is 0.291 e. The van der Waals surface area contributed by atoms with E-state index in [0.717, 1.165) is 5.56 Å². The maximum Gasteiger partial charge on any atom is 0.291 e. The van der Waals surface area contributed by atoms with Gasteiger partial charge in [-0.15, -0.1) is 23.7 Å². The molecule has 2 aromatic heterocycles. The lowest BCUT2D eigenvalue weighted by Gasteiger charge is -2.03. The number of furan rings is 1. The van der Waals surface area contributed by atoms with E-state index in [2.05, 4.69) is 16.0 Å². The third-order valence-corrected chi connectivity index (χ3v) is 3.92. The highest BCUT2D eigenvalue weighted by atomic mass is 35.5. The van der Waals surface area contributed by atoms with Crippen LogP contribution in [-0.4, -0.2) is 32.0 Å². The first-order chi connectivity index (χ1) is 10.1. The number of hydrogen-bond acceptors (Lipinski definition) is 5. The van der Waals surface area contributed by atoms with E-state index in [1.807, 2.05) is 14.0 Å². The minimum absolute atomic E-state index is 0. The van der Waals surface area contributed by atoms with Crippen molar-refractivity contribution in [2.45, 2.75) is 6.92 Å². The van der Waals surface area contributed by atoms with Crippen LogP contribution in [0.25, 0.3) is 0 Å². The molecule has 0 saturated carbocycles. The third-order valence-electron chi connectivity index (χ3n) is 2.77. The predicted octanol–water partition coefficient (Wildman–Crippen LogP) is 2.27. The van der Waals surface area contributed by atoms with Crippen molar-refractivity contribution in [2.24, 2.45) is 0 Å². The van der Waals surface area contributed by atoms with Gasteiger partial charge in [0.15, 0.2) is 5.76 Å². The van der Waals surface area contributed by atoms with Gasteiger partial charge in [0, 0.05) is 13.1 Å². The van der Waals surface area contributed by atoms with E-state index in [-0.39, 0.29) is 30.0 Å². The molecule has 0 saturated heterocycles. The summed E-state index contributed by atoms with van der Waals surface area (Å²) in [5.74, 6) is -0.226. The minimum atomic E-state index is -0.330. The monoisotopic (exact) mass is 343 g/mol. The molecule has 22 heavy (non-hydrogen) atoms. The van der Waals surface area contributed by atoms with E-state index >= 15 is 0 Å². The summed E-state index contributed by atoms with van der Waals surface area (Å²) >= 11 is 1.25. The van der Waals surface area contributed by atoms with E-state index in [1.165, 1.54) is 17.6 Å². The first-order valence-electron chi connectivity index (χ1n) is 6.50. The average Bonchev–Trinajstić information content (AvgIpc) is 3.08. The van der Waals surface area contributed by atoms with Crippen molar-refractivity contribution in [1.82, 2.24) is 10.6 Å². The van der Waals surface area contributed by atoms with Gasteiger partial charge in [-0.05, 0) is 37.7 Å². The molecule has 6 nitrogen and oxygen atoms in total. The van der Waals surface area contributed by atoms with Crippen LogP contribution in [0, 0.1) is 6.92 Å². The highest BCUT2D eigenvalue weighted by Crippen LogP contribution is 2.27. The summed E-state index contributed by atoms with van der Waals surface area (Å²) in [6, 6.07) is 5.01. The second-order valence-corrected chi connectivity index (χ2v) is 5.47. The molecule has 8 heteroatoms. The van der Waals surface area contributed by atoms with E-state index in [0.29, 0.717) is 23.0 Å². The van der Waals surface area contributed by atoms with Crippen LogP contribution in [0.4, 0.5) is 5.00 Å². The van der Waals surface area contributed by atoms with E-state index < -0.39 is 0 Å². The van der Waals surface area contributed by atoms with Crippen LogP contribution in [0.15, 0.2) is 28.9 Å². The van der Waals surface area contributed by atoms with Crippen molar-refractivity contribution in [3.8, 4) is 0 Å². The molecular weight excluding hydrogens is 326 g/mol. The number of aryl methyl sites for hydroxylation is 1. The van der Waals surface area contributed by atoms with Crippen molar-refractivity contribution in [2.75, 3.05) is 25.5 Å². The summed E-state index contributed by atoms with van der Waals surface area (Å²) < 4.78 is 5.02. The van der Waals surface area contributed by atoms with Crippen LogP contribution < -0.4 is 16.0 Å². The maximum atomic E-state index is 12.0. The fourth-order valence-corrected chi connectivity index (χ4v) is 2.72. The predicted molar refractivity (Wildman–Crippen MR) is 89.2 cm³/mol. The van der Waals surface area contributed by atoms with Gasteiger partial charge in [-0.1, -0.05) is 0 Å². The normalized spacial score (nSPS) is 9.91. The number of carbonyl (C=O) groups excluding carboxylic acids is 2. The quantitative estimate of drug-likeness (QED) is 0.703. The topological polar surface area (TPSA) is 83.4 Å². The fourth-order valence-electron chi connectivity index (χ4n) is 1.73. The largest absolute Gasteiger partial charge is 0.459 e. The molecule has 0 bridgehead atoms. The summed E-state index contributed by atoms with van der Waals surface area (Å²) in [6.45, 7) is 3.10. The summed E-state index contributed by atoms with van der Waals surface area (Å²) in [5.41, 5.74) is 0.830. The number of carbonyl (C=O) groups is 2. The number of halogens is 1. The zero-order chi connectivity index (χ0) is 15.2. The van der Waals surface area contributed by atoms with Crippen LogP contribution in [0.2, 0.25) is 0 Å². The summed E-state index contributed by atoms with van der Waals surface area (Å²) in [6.07, 6.45) is 1.44. The first kappa shape index (κ1) is 18.2. The fraction of sp³-hybridized carbons (Fsp3) is 0.286. The Kier molecular flexibility index (Phi) is 7.10. The van der Waals surface area contributed by atoms with Gasteiger partial charge in [0.1, 0.15) is 0 Å². The molecule has 2 heterocycles. The van der Waals surface area contributed by atoms with E-state index in [1.54, 1.807) is 18.2 Å². The Balaban J connectivity index is 0.00000242. The van der Waals surface area contributed by atoms with Crippen molar-refractivity contribution < 1.29 is 14.0 Å². The molecule has 0 aliphatic carbocycles. The highest BCUT2D eigenvalue weighted by Gasteiger charge is 2.16. The number of hydrogen-bond donors (Lipinski definition) is 3. The Morgan fingerprint density at radius 2 is 2.05 bits per heavy atom. The number of nitrogens with one attached hydrogen (secondary N) is 3. The van der Waals surface area contributed by atoms with Crippen molar-refractivity contribution >= 4 is 40.6 Å². The lowest BCUT2D eigenvalue weighted by atomic mass is 10.3. The molecule has 2 amide bonds. The van der Waals surface area contributed by atoms with Gasteiger partial charge in [-0.2, -0.15) is 0 Å². The molecule has 0 radical (unpaired) electrons. The Morgan fingerprint density at radius 1 is 1.27 bits per heavy atom. The van der Waals surface area contributed by atoms with Gasteiger partial charge in [0.2, 0.25) is 0 Å². The van der Waals surface area contributed by atoms with Gasteiger partial charge in [-0.3, -0.25) is 9.59 Å². The molecule has 0 fully saturated rings. The van der Waals surface area contributed by atoms with Crippen molar-refractivity contribution in [3.05, 3.63) is 40.7 Å². The van der Waals surface area contributed by atoms with Crippen LogP contribution in [-0.2, 0) is 0 Å². The third kappa shape index (κ3) is 4.59. The molecule has 3 N–H and O–H groups in total. The van der Waals surface area contributed by atoms with Gasteiger partial charge in [0.05, 0.1) is 16.1 Å². The minimum Gasteiger partial charge on any atom is -0.459 e. The molecule has 0 aromatic carbocycles. The highest BCUT2D eigenvalue weighted by molar-refractivity contribution is 7.18. The molecule has 2 rings (SSSR count). The second-order valence-electron chi connectivity index (χ2n) is 4.41. The van der Waals surface area contributed by atoms with Crippen LogP contribution in [0.1, 0.15) is 25.8 Å². The molecule has 0 aliphatic heterocycles. The molecule has 120 valence electrons. The van der Waals surface area contributed by atoms with E-state index in [9.17, 15) is 9.59 Å². The summed E-state index contributed by atoms with van der Waals surface area (Å²) in [5, 5.41) is 9.11. The number of rotatable bonds is 6. The first-order valence-corrected chi connectivity index (χ1v) is 7.31. The second kappa shape index (κ2) is 8.57. The Bertz CT molecular complexity index is 625. The van der Waals surface area contributed by atoms with Crippen LogP contribution >= 0.6 is 23.7 Å². The van der Waals surface area contributed by atoms with Gasteiger partial charge in [0.25, 0.3) is 11.8 Å². The van der Waals surface area contributed by atoms with E-state index in [4.69, 9.17) is 4.42 Å². The standard InChI is InChI=1S/C14H17N3O3S.ClH/c1-9-8-11(17-13(18)10-4-3-7-20-10)21-12(9)14(19)16-6-5-15-2;/h3-4,7-8,15H,5-6H2,1-2H3,(H,16,19)(H,17,18);1H. The lowest BCUT2D eigenvalue weighted by Crippen LogP contribution is -2.30. The summed E-state index contributed by atoms with van der Waals surface area (Å²) in [7, 11) is 1.82. The van der Waals surface area contributed by atoms with Gasteiger partial charge in [-0.25, -0.2) is 0 Å². The van der Waals surface area contributed by atoms with Gasteiger partial charge >= 0.3 is 0 Å². The van der Waals surface area contributed by atoms with Gasteiger partial charge < -0.3 is 20.4 Å². The Labute approximate surface area is 138 Å². The van der Waals surface area contributed by atoms with Crippen molar-refractivity contribution in [3.63, 3.8) is 0 Å². The maximum absolute atomic E-state index is 12.0.